The van der Waals surface area contributed by atoms with E-state index in [0.29, 0.717) is 36.7 Å². The van der Waals surface area contributed by atoms with Gasteiger partial charge in [-0.1, -0.05) is 19.0 Å². The second kappa shape index (κ2) is 11.8. The largest absolute Gasteiger partial charge is 0.370 e. The molecule has 2 aliphatic heterocycles. The van der Waals surface area contributed by atoms with Gasteiger partial charge in [0, 0.05) is 19.7 Å². The first-order chi connectivity index (χ1) is 13.5. The van der Waals surface area contributed by atoms with Gasteiger partial charge in [-0.25, -0.2) is 0 Å². The lowest BCUT2D eigenvalue weighted by Crippen LogP contribution is -2.45. The van der Waals surface area contributed by atoms with E-state index in [1.807, 2.05) is 6.92 Å². The van der Waals surface area contributed by atoms with Crippen LogP contribution in [0, 0.1) is 11.8 Å². The van der Waals surface area contributed by atoms with Gasteiger partial charge in [0.25, 0.3) is 0 Å². The molecule has 166 valence electrons. The third kappa shape index (κ3) is 7.51. The van der Waals surface area contributed by atoms with E-state index in [4.69, 9.17) is 9.26 Å². The molecule has 3 rings (SSSR count). The van der Waals surface area contributed by atoms with Crippen LogP contribution in [0.3, 0.4) is 0 Å². The predicted octanol–water partition coefficient (Wildman–Crippen LogP) is 2.31. The quantitative estimate of drug-likeness (QED) is 0.622. The predicted molar refractivity (Wildman–Crippen MR) is 113 cm³/mol. The van der Waals surface area contributed by atoms with E-state index in [2.05, 4.69) is 39.5 Å². The standard InChI is InChI=1S/C20H35N5O3.ClH/c1-14(2)13-27-15(3)19-23-18(28-24-19)12-25-9-5-6-16(11-25)10-22-20(26)17-7-4-8-21-17;/h14-17,21H,4-13H2,1-3H3,(H,22,26);1H. The van der Waals surface area contributed by atoms with Crippen LogP contribution in [-0.2, 0) is 16.1 Å². The van der Waals surface area contributed by atoms with Crippen LogP contribution in [0.2, 0.25) is 0 Å². The van der Waals surface area contributed by atoms with Gasteiger partial charge < -0.3 is 19.9 Å². The molecule has 0 radical (unpaired) electrons. The molecule has 0 aliphatic carbocycles. The number of nitrogens with one attached hydrogen (secondary N) is 2. The first-order valence-corrected chi connectivity index (χ1v) is 10.7. The lowest BCUT2D eigenvalue weighted by Gasteiger charge is -2.32. The number of hydrogen-bond donors (Lipinski definition) is 2. The minimum Gasteiger partial charge on any atom is -0.370 e. The normalized spacial score (nSPS) is 23.7. The van der Waals surface area contributed by atoms with Gasteiger partial charge in [0.1, 0.15) is 6.10 Å². The molecule has 3 heterocycles. The Hall–Kier alpha value is -1.22. The number of nitrogens with zero attached hydrogens (tertiary/aromatic N) is 3. The van der Waals surface area contributed by atoms with Crippen LogP contribution >= 0.6 is 12.4 Å². The van der Waals surface area contributed by atoms with Crippen molar-refractivity contribution in [3.63, 3.8) is 0 Å². The first kappa shape index (κ1) is 24.1. The van der Waals surface area contributed by atoms with Crippen LogP contribution < -0.4 is 10.6 Å². The summed E-state index contributed by atoms with van der Waals surface area (Å²) < 4.78 is 11.2. The summed E-state index contributed by atoms with van der Waals surface area (Å²) in [7, 11) is 0. The zero-order valence-corrected chi connectivity index (χ0v) is 18.7. The Bertz CT molecular complexity index is 621. The van der Waals surface area contributed by atoms with Crippen molar-refractivity contribution >= 4 is 18.3 Å². The van der Waals surface area contributed by atoms with Crippen molar-refractivity contribution < 1.29 is 14.1 Å². The van der Waals surface area contributed by atoms with E-state index in [9.17, 15) is 4.79 Å². The van der Waals surface area contributed by atoms with E-state index in [1.165, 1.54) is 0 Å². The van der Waals surface area contributed by atoms with Crippen molar-refractivity contribution in [2.45, 2.75) is 65.1 Å². The molecule has 3 unspecified atom stereocenters. The van der Waals surface area contributed by atoms with Gasteiger partial charge in [-0.2, -0.15) is 4.98 Å². The van der Waals surface area contributed by atoms with E-state index in [-0.39, 0.29) is 30.5 Å². The SMILES string of the molecule is CC(C)COC(C)c1noc(CN2CCCC(CNC(=O)C3CCCN3)C2)n1.Cl. The lowest BCUT2D eigenvalue weighted by molar-refractivity contribution is -0.123. The molecule has 2 N–H and O–H groups in total. The van der Waals surface area contributed by atoms with E-state index in [1.54, 1.807) is 0 Å². The maximum atomic E-state index is 12.2. The zero-order chi connectivity index (χ0) is 19.9. The first-order valence-electron chi connectivity index (χ1n) is 10.7. The third-order valence-electron chi connectivity index (χ3n) is 5.43. The molecule has 0 bridgehead atoms. The molecule has 0 spiro atoms. The summed E-state index contributed by atoms with van der Waals surface area (Å²) >= 11 is 0. The molecule has 9 heteroatoms. The monoisotopic (exact) mass is 429 g/mol. The topological polar surface area (TPSA) is 92.5 Å². The van der Waals surface area contributed by atoms with Crippen LogP contribution in [-0.4, -0.2) is 59.8 Å². The summed E-state index contributed by atoms with van der Waals surface area (Å²) in [4.78, 5) is 19.0. The highest BCUT2D eigenvalue weighted by molar-refractivity contribution is 5.85. The molecule has 2 saturated heterocycles. The molecule has 1 aromatic heterocycles. The Balaban J connectivity index is 0.00000300. The highest BCUT2D eigenvalue weighted by Gasteiger charge is 2.25. The number of aromatic nitrogens is 2. The van der Waals surface area contributed by atoms with Crippen molar-refractivity contribution in [1.82, 2.24) is 25.7 Å². The van der Waals surface area contributed by atoms with E-state index >= 15 is 0 Å². The van der Waals surface area contributed by atoms with E-state index in [0.717, 1.165) is 51.9 Å². The summed E-state index contributed by atoms with van der Waals surface area (Å²) in [5, 5.41) is 10.5. The molecular formula is C20H36ClN5O3. The smallest absolute Gasteiger partial charge is 0.240 e. The lowest BCUT2D eigenvalue weighted by atomic mass is 9.98. The molecule has 8 nitrogen and oxygen atoms in total. The van der Waals surface area contributed by atoms with Crippen LogP contribution in [0.4, 0.5) is 0 Å². The van der Waals surface area contributed by atoms with Gasteiger partial charge in [-0.3, -0.25) is 9.69 Å². The summed E-state index contributed by atoms with van der Waals surface area (Å²) in [5.74, 6) is 2.33. The Kier molecular flexibility index (Phi) is 9.82. The summed E-state index contributed by atoms with van der Waals surface area (Å²) in [6.07, 6.45) is 4.14. The van der Waals surface area contributed by atoms with Crippen molar-refractivity contribution in [2.24, 2.45) is 11.8 Å². The number of likely N-dealkylation sites (tertiary alicyclic amines) is 1. The number of rotatable bonds is 9. The Morgan fingerprint density at radius 3 is 2.90 bits per heavy atom. The van der Waals surface area contributed by atoms with Crippen LogP contribution in [0.15, 0.2) is 4.52 Å². The molecule has 3 atom stereocenters. The summed E-state index contributed by atoms with van der Waals surface area (Å²) in [5.41, 5.74) is 0. The maximum Gasteiger partial charge on any atom is 0.240 e. The van der Waals surface area contributed by atoms with Crippen LogP contribution in [0.1, 0.15) is 64.3 Å². The fraction of sp³-hybridized carbons (Fsp3) is 0.850. The number of hydrogen-bond acceptors (Lipinski definition) is 7. The van der Waals surface area contributed by atoms with Crippen LogP contribution in [0.5, 0.6) is 0 Å². The Morgan fingerprint density at radius 2 is 2.17 bits per heavy atom. The summed E-state index contributed by atoms with van der Waals surface area (Å²) in [6, 6.07) is -0.00332. The molecule has 2 aliphatic rings. The maximum absolute atomic E-state index is 12.2. The Labute approximate surface area is 179 Å². The average Bonchev–Trinajstić information content (AvgIpc) is 3.36. The number of carbonyl (C=O) groups excluding carboxylic acids is 1. The number of ether oxygens (including phenoxy) is 1. The van der Waals surface area contributed by atoms with Gasteiger partial charge in [0.15, 0.2) is 5.82 Å². The van der Waals surface area contributed by atoms with Crippen LogP contribution in [0.25, 0.3) is 0 Å². The molecule has 0 saturated carbocycles. The molecule has 2 fully saturated rings. The summed E-state index contributed by atoms with van der Waals surface area (Å²) in [6.45, 7) is 11.2. The second-order valence-electron chi connectivity index (χ2n) is 8.55. The minimum atomic E-state index is -0.159. The fourth-order valence-corrected chi connectivity index (χ4v) is 3.84. The van der Waals surface area contributed by atoms with Gasteiger partial charge in [0.2, 0.25) is 11.8 Å². The molecular weight excluding hydrogens is 394 g/mol. The van der Waals surface area contributed by atoms with Gasteiger partial charge in [-0.15, -0.1) is 12.4 Å². The molecule has 1 aromatic rings. The number of piperidine rings is 1. The van der Waals surface area contributed by atoms with Gasteiger partial charge in [-0.05, 0) is 57.5 Å². The minimum absolute atomic E-state index is 0. The molecule has 29 heavy (non-hydrogen) atoms. The van der Waals surface area contributed by atoms with Gasteiger partial charge >= 0.3 is 0 Å². The van der Waals surface area contributed by atoms with Gasteiger partial charge in [0.05, 0.1) is 12.6 Å². The number of carbonyl (C=O) groups is 1. The molecule has 0 aromatic carbocycles. The second-order valence-corrected chi connectivity index (χ2v) is 8.55. The van der Waals surface area contributed by atoms with Crippen molar-refractivity contribution in [1.29, 1.82) is 0 Å². The number of amides is 1. The van der Waals surface area contributed by atoms with Crippen molar-refractivity contribution in [3.8, 4) is 0 Å². The van der Waals surface area contributed by atoms with E-state index < -0.39 is 0 Å². The highest BCUT2D eigenvalue weighted by atomic mass is 35.5. The van der Waals surface area contributed by atoms with Crippen molar-refractivity contribution in [2.75, 3.05) is 32.8 Å². The average molecular weight is 430 g/mol. The van der Waals surface area contributed by atoms with Crippen molar-refractivity contribution in [3.05, 3.63) is 11.7 Å². The highest BCUT2D eigenvalue weighted by Crippen LogP contribution is 2.19. The fourth-order valence-electron chi connectivity index (χ4n) is 3.84. The Morgan fingerprint density at radius 1 is 1.34 bits per heavy atom. The third-order valence-corrected chi connectivity index (χ3v) is 5.43. The molecule has 1 amide bonds. The number of halogens is 1. The zero-order valence-electron chi connectivity index (χ0n) is 17.9.